The normalized spacial score (nSPS) is 12.6. The van der Waals surface area contributed by atoms with Crippen molar-refractivity contribution in [2.45, 2.75) is 44.4 Å². The van der Waals surface area contributed by atoms with Gasteiger partial charge in [-0.15, -0.1) is 0 Å². The molecule has 20 heavy (non-hydrogen) atoms. The zero-order valence-electron chi connectivity index (χ0n) is 12.3. The average Bonchev–Trinajstić information content (AvgIpc) is 2.35. The van der Waals surface area contributed by atoms with E-state index in [2.05, 4.69) is 39.8 Å². The Balaban J connectivity index is 2.86. The summed E-state index contributed by atoms with van der Waals surface area (Å²) in [6, 6.07) is 9.39. The van der Waals surface area contributed by atoms with E-state index >= 15 is 0 Å². The lowest BCUT2D eigenvalue weighted by molar-refractivity contribution is 0.598. The topological polar surface area (TPSA) is 60.2 Å². The molecule has 2 aromatic rings. The fraction of sp³-hybridized carbons (Fsp3) is 0.375. The number of hydrogen-bond donors (Lipinski definition) is 1. The Bertz CT molecular complexity index is 746. The third-order valence-electron chi connectivity index (χ3n) is 3.63. The van der Waals surface area contributed by atoms with Gasteiger partial charge >= 0.3 is 0 Å². The van der Waals surface area contributed by atoms with Gasteiger partial charge in [0.1, 0.15) is 0 Å². The van der Waals surface area contributed by atoms with Crippen molar-refractivity contribution in [3.05, 3.63) is 41.5 Å². The molecule has 0 saturated heterocycles. The molecule has 0 aromatic heterocycles. The summed E-state index contributed by atoms with van der Waals surface area (Å²) in [6.45, 7) is 8.48. The number of rotatable bonds is 3. The van der Waals surface area contributed by atoms with Crippen LogP contribution in [0.5, 0.6) is 0 Å². The average molecular weight is 291 g/mol. The summed E-state index contributed by atoms with van der Waals surface area (Å²) in [5, 5.41) is 7.34. The molecule has 0 radical (unpaired) electrons. The third kappa shape index (κ3) is 2.72. The number of benzene rings is 2. The minimum atomic E-state index is -3.67. The van der Waals surface area contributed by atoms with E-state index in [9.17, 15) is 8.42 Å². The molecule has 0 spiro atoms. The maximum absolute atomic E-state index is 11.6. The molecule has 0 bridgehead atoms. The molecular formula is C16H21NO2S. The summed E-state index contributed by atoms with van der Waals surface area (Å²) in [7, 11) is -3.67. The van der Waals surface area contributed by atoms with Crippen LogP contribution < -0.4 is 5.14 Å². The largest absolute Gasteiger partial charge is 0.238 e. The second-order valence-corrected chi connectivity index (χ2v) is 7.37. The van der Waals surface area contributed by atoms with Gasteiger partial charge in [-0.2, -0.15) is 0 Å². The zero-order chi connectivity index (χ0) is 15.1. The van der Waals surface area contributed by atoms with E-state index in [0.717, 1.165) is 16.3 Å². The molecule has 0 fully saturated rings. The SMILES string of the molecule is CC(C)c1ccc(C(C)C)c2cc(S(N)(=O)=O)ccc12. The van der Waals surface area contributed by atoms with Crippen molar-refractivity contribution in [1.29, 1.82) is 0 Å². The Kier molecular flexibility index (Phi) is 3.89. The van der Waals surface area contributed by atoms with E-state index in [1.54, 1.807) is 12.1 Å². The second kappa shape index (κ2) is 5.19. The molecular weight excluding hydrogens is 270 g/mol. The van der Waals surface area contributed by atoms with Crippen LogP contribution in [0.1, 0.15) is 50.7 Å². The van der Waals surface area contributed by atoms with Gasteiger partial charge in [-0.25, -0.2) is 13.6 Å². The number of nitrogens with two attached hydrogens (primary N) is 1. The van der Waals surface area contributed by atoms with Crippen LogP contribution in [0.25, 0.3) is 10.8 Å². The smallest absolute Gasteiger partial charge is 0.225 e. The molecule has 2 rings (SSSR count). The van der Waals surface area contributed by atoms with Crippen LogP contribution >= 0.6 is 0 Å². The molecule has 0 heterocycles. The lowest BCUT2D eigenvalue weighted by Crippen LogP contribution is -2.12. The Labute approximate surface area is 120 Å². The van der Waals surface area contributed by atoms with Gasteiger partial charge in [-0.3, -0.25) is 0 Å². The van der Waals surface area contributed by atoms with Gasteiger partial charge in [-0.1, -0.05) is 45.9 Å². The first-order valence-corrected chi connectivity index (χ1v) is 8.35. The lowest BCUT2D eigenvalue weighted by atomic mass is 9.89. The summed E-state index contributed by atoms with van der Waals surface area (Å²) >= 11 is 0. The van der Waals surface area contributed by atoms with Crippen LogP contribution in [0.4, 0.5) is 0 Å². The molecule has 0 atom stereocenters. The van der Waals surface area contributed by atoms with Crippen molar-refractivity contribution in [3.63, 3.8) is 0 Å². The standard InChI is InChI=1S/C16H21NO2S/c1-10(2)13-7-8-14(11(3)4)16-9-12(20(17,18)19)5-6-15(13)16/h5-11H,1-4H3,(H2,17,18,19). The van der Waals surface area contributed by atoms with Crippen molar-refractivity contribution >= 4 is 20.8 Å². The molecule has 0 saturated carbocycles. The molecule has 0 aliphatic rings. The van der Waals surface area contributed by atoms with Crippen LogP contribution in [-0.2, 0) is 10.0 Å². The molecule has 2 aromatic carbocycles. The molecule has 0 amide bonds. The Morgan fingerprint density at radius 2 is 1.35 bits per heavy atom. The van der Waals surface area contributed by atoms with Crippen LogP contribution in [0.15, 0.2) is 35.2 Å². The summed E-state index contributed by atoms with van der Waals surface area (Å²) < 4.78 is 23.1. The van der Waals surface area contributed by atoms with Crippen molar-refractivity contribution in [2.24, 2.45) is 5.14 Å². The highest BCUT2D eigenvalue weighted by atomic mass is 32.2. The van der Waals surface area contributed by atoms with Gasteiger partial charge < -0.3 is 0 Å². The summed E-state index contributed by atoms with van der Waals surface area (Å²) in [5.74, 6) is 0.716. The molecule has 2 N–H and O–H groups in total. The predicted octanol–water partition coefficient (Wildman–Crippen LogP) is 3.73. The minimum absolute atomic E-state index is 0.174. The molecule has 0 unspecified atom stereocenters. The Morgan fingerprint density at radius 3 is 1.80 bits per heavy atom. The van der Waals surface area contributed by atoms with Gasteiger partial charge in [0.05, 0.1) is 4.90 Å². The highest BCUT2D eigenvalue weighted by Crippen LogP contribution is 2.32. The first-order valence-electron chi connectivity index (χ1n) is 6.81. The number of sulfonamides is 1. The van der Waals surface area contributed by atoms with Crippen LogP contribution in [0.3, 0.4) is 0 Å². The predicted molar refractivity (Wildman–Crippen MR) is 83.5 cm³/mol. The Hall–Kier alpha value is -1.39. The molecule has 0 aliphatic heterocycles. The highest BCUT2D eigenvalue weighted by molar-refractivity contribution is 7.89. The van der Waals surface area contributed by atoms with Crippen LogP contribution in [-0.4, -0.2) is 8.42 Å². The van der Waals surface area contributed by atoms with Gasteiger partial charge in [0, 0.05) is 0 Å². The number of hydrogen-bond acceptors (Lipinski definition) is 2. The quantitative estimate of drug-likeness (QED) is 0.936. The zero-order valence-corrected chi connectivity index (χ0v) is 13.2. The van der Waals surface area contributed by atoms with Crippen molar-refractivity contribution < 1.29 is 8.42 Å². The molecule has 108 valence electrons. The maximum atomic E-state index is 11.6. The van der Waals surface area contributed by atoms with Crippen LogP contribution in [0, 0.1) is 0 Å². The van der Waals surface area contributed by atoms with E-state index < -0.39 is 10.0 Å². The third-order valence-corrected chi connectivity index (χ3v) is 4.54. The summed E-state index contributed by atoms with van der Waals surface area (Å²) in [4.78, 5) is 0.174. The van der Waals surface area contributed by atoms with E-state index in [-0.39, 0.29) is 4.90 Å². The molecule has 0 aliphatic carbocycles. The van der Waals surface area contributed by atoms with Crippen molar-refractivity contribution in [1.82, 2.24) is 0 Å². The minimum Gasteiger partial charge on any atom is -0.225 e. The number of primary sulfonamides is 1. The number of fused-ring (bicyclic) bond motifs is 1. The van der Waals surface area contributed by atoms with Gasteiger partial charge in [0.15, 0.2) is 0 Å². The second-order valence-electron chi connectivity index (χ2n) is 5.81. The van der Waals surface area contributed by atoms with Crippen molar-refractivity contribution in [3.8, 4) is 0 Å². The van der Waals surface area contributed by atoms with E-state index in [1.807, 2.05) is 6.07 Å². The molecule has 4 heteroatoms. The fourth-order valence-electron chi connectivity index (χ4n) is 2.56. The lowest BCUT2D eigenvalue weighted by Gasteiger charge is -2.16. The van der Waals surface area contributed by atoms with E-state index in [4.69, 9.17) is 5.14 Å². The van der Waals surface area contributed by atoms with Gasteiger partial charge in [-0.05, 0) is 45.9 Å². The first-order chi connectivity index (χ1) is 9.21. The first kappa shape index (κ1) is 15.0. The fourth-order valence-corrected chi connectivity index (χ4v) is 3.10. The monoisotopic (exact) mass is 291 g/mol. The van der Waals surface area contributed by atoms with Gasteiger partial charge in [0.25, 0.3) is 0 Å². The maximum Gasteiger partial charge on any atom is 0.238 e. The van der Waals surface area contributed by atoms with Crippen molar-refractivity contribution in [2.75, 3.05) is 0 Å². The summed E-state index contributed by atoms with van der Waals surface area (Å²) in [6.07, 6.45) is 0. The van der Waals surface area contributed by atoms with Gasteiger partial charge in [0.2, 0.25) is 10.0 Å². The Morgan fingerprint density at radius 1 is 0.850 bits per heavy atom. The van der Waals surface area contributed by atoms with E-state index in [0.29, 0.717) is 11.8 Å². The molecule has 3 nitrogen and oxygen atoms in total. The van der Waals surface area contributed by atoms with E-state index in [1.165, 1.54) is 5.56 Å². The highest BCUT2D eigenvalue weighted by Gasteiger charge is 2.14. The summed E-state index contributed by atoms with van der Waals surface area (Å²) in [5.41, 5.74) is 2.38. The van der Waals surface area contributed by atoms with Crippen LogP contribution in [0.2, 0.25) is 0 Å².